The van der Waals surface area contributed by atoms with Crippen LogP contribution in [-0.2, 0) is 30.4 Å². The van der Waals surface area contributed by atoms with E-state index >= 15 is 0 Å². The molecule has 1 heterocycles. The summed E-state index contributed by atoms with van der Waals surface area (Å²) in [4.78, 5) is -0.335. The summed E-state index contributed by atoms with van der Waals surface area (Å²) in [6, 6.07) is 14.5. The van der Waals surface area contributed by atoms with Crippen LogP contribution in [0.5, 0.6) is 0 Å². The molecule has 1 saturated heterocycles. The van der Waals surface area contributed by atoms with E-state index in [1.807, 2.05) is 0 Å². The first kappa shape index (κ1) is 18.1. The topological polar surface area (TPSA) is 80.8 Å². The second-order valence-corrected chi connectivity index (χ2v) is 9.57. The van der Waals surface area contributed by atoms with Gasteiger partial charge in [-0.25, -0.2) is 16.8 Å². The second kappa shape index (κ2) is 7.25. The maximum absolute atomic E-state index is 12.9. The molecule has 0 atom stereocenters. The molecule has 25 heavy (non-hydrogen) atoms. The van der Waals surface area contributed by atoms with Gasteiger partial charge in [-0.3, -0.25) is 0 Å². The highest BCUT2D eigenvalue weighted by molar-refractivity contribution is 7.93. The molecule has 0 N–H and O–H groups in total. The van der Waals surface area contributed by atoms with Crippen LogP contribution in [-0.4, -0.2) is 47.4 Å². The highest BCUT2D eigenvalue weighted by Gasteiger charge is 2.32. The zero-order valence-corrected chi connectivity index (χ0v) is 15.2. The number of sulfone groups is 1. The number of rotatable bonds is 5. The van der Waals surface area contributed by atoms with E-state index in [0.717, 1.165) is 0 Å². The monoisotopic (exact) mass is 381 g/mol. The van der Waals surface area contributed by atoms with Gasteiger partial charge in [0.2, 0.25) is 10.0 Å². The normalized spacial score (nSPS) is 16.6. The lowest BCUT2D eigenvalue weighted by Gasteiger charge is -2.26. The Bertz CT molecular complexity index is 934. The van der Waals surface area contributed by atoms with Gasteiger partial charge in [0.1, 0.15) is 4.90 Å². The van der Waals surface area contributed by atoms with Gasteiger partial charge in [-0.05, 0) is 17.7 Å². The van der Waals surface area contributed by atoms with Crippen molar-refractivity contribution < 1.29 is 21.6 Å². The smallest absolute Gasteiger partial charge is 0.244 e. The van der Waals surface area contributed by atoms with E-state index in [9.17, 15) is 16.8 Å². The Balaban J connectivity index is 2.01. The van der Waals surface area contributed by atoms with E-state index in [0.29, 0.717) is 18.8 Å². The molecule has 0 amide bonds. The van der Waals surface area contributed by atoms with Crippen molar-refractivity contribution >= 4 is 19.9 Å². The Morgan fingerprint density at radius 2 is 1.36 bits per heavy atom. The molecule has 0 aliphatic carbocycles. The summed E-state index contributed by atoms with van der Waals surface area (Å²) in [7, 11) is -7.70. The van der Waals surface area contributed by atoms with Crippen LogP contribution in [0.4, 0.5) is 0 Å². The standard InChI is InChI=1S/C17H19NO5S2/c19-24(20,14-15-6-2-1-3-7-15)16-8-4-5-9-17(16)25(21,22)18-10-12-23-13-11-18/h1-9H,10-14H2. The highest BCUT2D eigenvalue weighted by Crippen LogP contribution is 2.27. The Morgan fingerprint density at radius 3 is 2.00 bits per heavy atom. The van der Waals surface area contributed by atoms with Crippen molar-refractivity contribution in [2.24, 2.45) is 0 Å². The average molecular weight is 381 g/mol. The summed E-state index contributed by atoms with van der Waals surface area (Å²) in [6.07, 6.45) is 0. The molecule has 0 aromatic heterocycles. The second-order valence-electron chi connectivity index (χ2n) is 5.71. The first-order valence-electron chi connectivity index (χ1n) is 7.85. The lowest BCUT2D eigenvalue weighted by Crippen LogP contribution is -2.41. The Labute approximate surface area is 148 Å². The van der Waals surface area contributed by atoms with Crippen LogP contribution in [0.15, 0.2) is 64.4 Å². The Kier molecular flexibility index (Phi) is 5.24. The maximum Gasteiger partial charge on any atom is 0.244 e. The van der Waals surface area contributed by atoms with Crippen LogP contribution in [0, 0.1) is 0 Å². The predicted molar refractivity (Wildman–Crippen MR) is 93.4 cm³/mol. The zero-order chi connectivity index (χ0) is 17.9. The van der Waals surface area contributed by atoms with Crippen LogP contribution in [0.2, 0.25) is 0 Å². The third-order valence-electron chi connectivity index (χ3n) is 3.97. The third kappa shape index (κ3) is 3.92. The summed E-state index contributed by atoms with van der Waals surface area (Å²) < 4.78 is 58.0. The molecule has 0 saturated carbocycles. The van der Waals surface area contributed by atoms with Gasteiger partial charge in [0.05, 0.1) is 23.9 Å². The van der Waals surface area contributed by atoms with Crippen molar-refractivity contribution in [3.05, 3.63) is 60.2 Å². The number of ether oxygens (including phenoxy) is 1. The SMILES string of the molecule is O=S(=O)(Cc1ccccc1)c1ccccc1S(=O)(=O)N1CCOCC1. The molecule has 1 aliphatic heterocycles. The fourth-order valence-corrected chi connectivity index (χ4v) is 6.34. The molecule has 8 heteroatoms. The van der Waals surface area contributed by atoms with Gasteiger partial charge in [0.15, 0.2) is 9.84 Å². The molecular weight excluding hydrogens is 362 g/mol. The lowest BCUT2D eigenvalue weighted by molar-refractivity contribution is 0.0729. The van der Waals surface area contributed by atoms with Gasteiger partial charge in [0.25, 0.3) is 0 Å². The number of hydrogen-bond acceptors (Lipinski definition) is 5. The lowest BCUT2D eigenvalue weighted by atomic mass is 10.2. The van der Waals surface area contributed by atoms with E-state index in [4.69, 9.17) is 4.74 Å². The van der Waals surface area contributed by atoms with Gasteiger partial charge < -0.3 is 4.74 Å². The molecule has 134 valence electrons. The van der Waals surface area contributed by atoms with Crippen LogP contribution < -0.4 is 0 Å². The molecule has 3 rings (SSSR count). The summed E-state index contributed by atoms with van der Waals surface area (Å²) in [5.41, 5.74) is 0.612. The molecule has 0 radical (unpaired) electrons. The Morgan fingerprint density at radius 1 is 0.800 bits per heavy atom. The summed E-state index contributed by atoms with van der Waals surface area (Å²) in [5, 5.41) is 0. The molecule has 1 fully saturated rings. The predicted octanol–water partition coefficient (Wildman–Crippen LogP) is 1.68. The quantitative estimate of drug-likeness (QED) is 0.787. The number of nitrogens with zero attached hydrogens (tertiary/aromatic N) is 1. The maximum atomic E-state index is 12.9. The van der Waals surface area contributed by atoms with Crippen LogP contribution in [0.25, 0.3) is 0 Å². The highest BCUT2D eigenvalue weighted by atomic mass is 32.2. The summed E-state index contributed by atoms with van der Waals surface area (Å²) in [6.45, 7) is 1.04. The molecule has 0 bridgehead atoms. The van der Waals surface area contributed by atoms with E-state index in [1.54, 1.807) is 30.3 Å². The van der Waals surface area contributed by atoms with Crippen molar-refractivity contribution in [3.8, 4) is 0 Å². The molecule has 2 aromatic carbocycles. The summed E-state index contributed by atoms with van der Waals surface area (Å²) in [5.74, 6) is -0.247. The van der Waals surface area contributed by atoms with Crippen LogP contribution in [0.3, 0.4) is 0 Å². The molecular formula is C17H19NO5S2. The van der Waals surface area contributed by atoms with Crippen molar-refractivity contribution in [3.63, 3.8) is 0 Å². The van der Waals surface area contributed by atoms with Gasteiger partial charge in [-0.1, -0.05) is 42.5 Å². The third-order valence-corrected chi connectivity index (χ3v) is 7.80. The fourth-order valence-electron chi connectivity index (χ4n) is 2.72. The average Bonchev–Trinajstić information content (AvgIpc) is 2.63. The molecule has 6 nitrogen and oxygen atoms in total. The first-order chi connectivity index (χ1) is 11.9. The minimum Gasteiger partial charge on any atom is -0.379 e. The minimum absolute atomic E-state index is 0.162. The van der Waals surface area contributed by atoms with Gasteiger partial charge in [-0.15, -0.1) is 0 Å². The number of sulfonamides is 1. The largest absolute Gasteiger partial charge is 0.379 e. The van der Waals surface area contributed by atoms with E-state index < -0.39 is 19.9 Å². The Hall–Kier alpha value is -1.74. The van der Waals surface area contributed by atoms with Crippen molar-refractivity contribution in [2.45, 2.75) is 15.5 Å². The molecule has 0 spiro atoms. The molecule has 0 unspecified atom stereocenters. The number of benzene rings is 2. The van der Waals surface area contributed by atoms with Crippen LogP contribution in [0.1, 0.15) is 5.56 Å². The first-order valence-corrected chi connectivity index (χ1v) is 10.9. The zero-order valence-electron chi connectivity index (χ0n) is 13.5. The van der Waals surface area contributed by atoms with Crippen molar-refractivity contribution in [1.29, 1.82) is 0 Å². The van der Waals surface area contributed by atoms with E-state index in [-0.39, 0.29) is 28.6 Å². The van der Waals surface area contributed by atoms with Crippen LogP contribution >= 0.6 is 0 Å². The molecule has 2 aromatic rings. The van der Waals surface area contributed by atoms with Gasteiger partial charge >= 0.3 is 0 Å². The summed E-state index contributed by atoms with van der Waals surface area (Å²) >= 11 is 0. The fraction of sp³-hybridized carbons (Fsp3) is 0.294. The van der Waals surface area contributed by atoms with Crippen molar-refractivity contribution in [1.82, 2.24) is 4.31 Å². The van der Waals surface area contributed by atoms with Gasteiger partial charge in [0, 0.05) is 13.1 Å². The number of morpholine rings is 1. The van der Waals surface area contributed by atoms with Crippen molar-refractivity contribution in [2.75, 3.05) is 26.3 Å². The number of hydrogen-bond donors (Lipinski definition) is 0. The van der Waals surface area contributed by atoms with Gasteiger partial charge in [-0.2, -0.15) is 4.31 Å². The molecule has 1 aliphatic rings. The van der Waals surface area contributed by atoms with E-state index in [1.165, 1.54) is 28.6 Å². The van der Waals surface area contributed by atoms with E-state index in [2.05, 4.69) is 0 Å². The minimum atomic E-state index is -3.89.